The summed E-state index contributed by atoms with van der Waals surface area (Å²) in [5, 5.41) is 10.6. The van der Waals surface area contributed by atoms with Gasteiger partial charge in [0.2, 0.25) is 5.28 Å². The predicted octanol–water partition coefficient (Wildman–Crippen LogP) is 3.20. The average molecular weight is 278 g/mol. The van der Waals surface area contributed by atoms with E-state index in [2.05, 4.69) is 25.5 Å². The summed E-state index contributed by atoms with van der Waals surface area (Å²) in [5.41, 5.74) is 2.06. The molecule has 19 heavy (non-hydrogen) atoms. The number of aryl methyl sites for hydroxylation is 1. The van der Waals surface area contributed by atoms with Gasteiger partial charge >= 0.3 is 0 Å². The Kier molecular flexibility index (Phi) is 2.79. The zero-order valence-corrected chi connectivity index (χ0v) is 10.7. The number of fused-ring (bicyclic) bond motifs is 1. The van der Waals surface area contributed by atoms with Crippen LogP contribution in [0, 0.1) is 12.7 Å². The lowest BCUT2D eigenvalue weighted by Gasteiger charge is -2.09. The molecule has 3 rings (SSSR count). The van der Waals surface area contributed by atoms with E-state index < -0.39 is 0 Å². The molecule has 0 bridgehead atoms. The minimum absolute atomic E-state index is 0.110. The molecule has 7 heteroatoms. The highest BCUT2D eigenvalue weighted by Gasteiger charge is 2.09. The van der Waals surface area contributed by atoms with E-state index in [9.17, 15) is 4.39 Å². The second-order valence-electron chi connectivity index (χ2n) is 4.06. The summed E-state index contributed by atoms with van der Waals surface area (Å²) in [4.78, 5) is 8.13. The van der Waals surface area contributed by atoms with Gasteiger partial charge in [0.1, 0.15) is 11.6 Å². The first-order valence-electron chi connectivity index (χ1n) is 5.53. The zero-order valence-electron chi connectivity index (χ0n) is 9.91. The number of hydrogen-bond acceptors (Lipinski definition) is 4. The number of rotatable bonds is 2. The van der Waals surface area contributed by atoms with Crippen molar-refractivity contribution in [3.8, 4) is 0 Å². The number of nitrogens with zero attached hydrogens (tertiary/aromatic N) is 3. The summed E-state index contributed by atoms with van der Waals surface area (Å²) in [6.07, 6.45) is 1.60. The van der Waals surface area contributed by atoms with Crippen molar-refractivity contribution in [1.29, 1.82) is 0 Å². The van der Waals surface area contributed by atoms with Crippen molar-refractivity contribution in [1.82, 2.24) is 20.2 Å². The van der Waals surface area contributed by atoms with Crippen molar-refractivity contribution in [3.05, 3.63) is 41.1 Å². The Hall–Kier alpha value is -2.21. The third kappa shape index (κ3) is 2.22. The van der Waals surface area contributed by atoms with Crippen LogP contribution in [0.3, 0.4) is 0 Å². The maximum absolute atomic E-state index is 13.1. The van der Waals surface area contributed by atoms with E-state index in [-0.39, 0.29) is 11.1 Å². The van der Waals surface area contributed by atoms with Gasteiger partial charge in [-0.3, -0.25) is 5.10 Å². The van der Waals surface area contributed by atoms with Gasteiger partial charge in [-0.1, -0.05) is 0 Å². The fraction of sp³-hybridized carbons (Fsp3) is 0.0833. The molecule has 0 aliphatic heterocycles. The average Bonchev–Trinajstić information content (AvgIpc) is 2.80. The summed E-state index contributed by atoms with van der Waals surface area (Å²) < 4.78 is 13.1. The van der Waals surface area contributed by atoms with Crippen LogP contribution >= 0.6 is 11.6 Å². The summed E-state index contributed by atoms with van der Waals surface area (Å²) in [7, 11) is 0. The number of aromatic amines is 1. The monoisotopic (exact) mass is 277 g/mol. The van der Waals surface area contributed by atoms with E-state index in [1.807, 2.05) is 0 Å². The molecule has 2 N–H and O–H groups in total. The number of anilines is 2. The number of H-pyrrole nitrogens is 1. The van der Waals surface area contributed by atoms with Crippen molar-refractivity contribution >= 4 is 34.1 Å². The third-order valence-electron chi connectivity index (χ3n) is 2.72. The van der Waals surface area contributed by atoms with Gasteiger partial charge in [-0.2, -0.15) is 15.1 Å². The van der Waals surface area contributed by atoms with Gasteiger partial charge in [0.15, 0.2) is 5.65 Å². The van der Waals surface area contributed by atoms with Gasteiger partial charge in [-0.05, 0) is 42.3 Å². The summed E-state index contributed by atoms with van der Waals surface area (Å²) >= 11 is 5.84. The van der Waals surface area contributed by atoms with E-state index in [0.29, 0.717) is 16.9 Å². The molecule has 1 aromatic carbocycles. The lowest BCUT2D eigenvalue weighted by atomic mass is 10.2. The van der Waals surface area contributed by atoms with Crippen LogP contribution in [-0.4, -0.2) is 20.2 Å². The van der Waals surface area contributed by atoms with Gasteiger partial charge in [0.05, 0.1) is 11.6 Å². The first-order chi connectivity index (χ1) is 9.13. The number of nitrogens with one attached hydrogen (secondary N) is 2. The van der Waals surface area contributed by atoms with Crippen LogP contribution in [0.1, 0.15) is 5.56 Å². The summed E-state index contributed by atoms with van der Waals surface area (Å²) in [6.45, 7) is 1.81. The summed E-state index contributed by atoms with van der Waals surface area (Å²) in [6, 6.07) is 4.47. The van der Waals surface area contributed by atoms with Crippen LogP contribution in [0.4, 0.5) is 15.9 Å². The molecule has 96 valence electrons. The van der Waals surface area contributed by atoms with Gasteiger partial charge < -0.3 is 5.32 Å². The highest BCUT2D eigenvalue weighted by molar-refractivity contribution is 6.28. The molecule has 0 spiro atoms. The minimum atomic E-state index is -0.280. The van der Waals surface area contributed by atoms with Crippen molar-refractivity contribution < 1.29 is 4.39 Å². The molecule has 0 unspecified atom stereocenters. The Labute approximate surface area is 112 Å². The Morgan fingerprint density at radius 3 is 2.95 bits per heavy atom. The van der Waals surface area contributed by atoms with Crippen LogP contribution in [0.15, 0.2) is 24.4 Å². The van der Waals surface area contributed by atoms with E-state index in [0.717, 1.165) is 11.3 Å². The van der Waals surface area contributed by atoms with Gasteiger partial charge in [-0.25, -0.2) is 4.39 Å². The second kappa shape index (κ2) is 4.47. The first-order valence-corrected chi connectivity index (χ1v) is 5.91. The molecule has 3 aromatic rings. The van der Waals surface area contributed by atoms with Crippen LogP contribution in [0.5, 0.6) is 0 Å². The number of benzene rings is 1. The Bertz CT molecular complexity index is 755. The number of hydrogen-bond donors (Lipinski definition) is 2. The van der Waals surface area contributed by atoms with E-state index >= 15 is 0 Å². The predicted molar refractivity (Wildman–Crippen MR) is 71.1 cm³/mol. The molecule has 2 aromatic heterocycles. The Morgan fingerprint density at radius 1 is 1.32 bits per heavy atom. The van der Waals surface area contributed by atoms with E-state index in [1.165, 1.54) is 12.1 Å². The lowest BCUT2D eigenvalue weighted by molar-refractivity contribution is 0.627. The van der Waals surface area contributed by atoms with E-state index in [1.54, 1.807) is 19.2 Å². The molecule has 0 aliphatic carbocycles. The molecule has 0 aliphatic rings. The molecule has 0 fully saturated rings. The van der Waals surface area contributed by atoms with Crippen LogP contribution < -0.4 is 5.32 Å². The molecule has 0 amide bonds. The summed E-state index contributed by atoms with van der Waals surface area (Å²) in [5.74, 6) is 0.246. The zero-order chi connectivity index (χ0) is 13.4. The maximum atomic E-state index is 13.1. The lowest BCUT2D eigenvalue weighted by Crippen LogP contribution is -1.98. The second-order valence-corrected chi connectivity index (χ2v) is 4.40. The smallest absolute Gasteiger partial charge is 0.226 e. The molecule has 5 nitrogen and oxygen atoms in total. The number of aromatic nitrogens is 4. The Morgan fingerprint density at radius 2 is 2.16 bits per heavy atom. The fourth-order valence-corrected chi connectivity index (χ4v) is 1.97. The maximum Gasteiger partial charge on any atom is 0.226 e. The SMILES string of the molecule is Cc1cc(F)ccc1Nc1nc(Cl)nc2[nH]ncc12. The standard InChI is InChI=1S/C12H9ClFN5/c1-6-4-7(14)2-3-9(6)16-10-8-5-15-19-11(8)18-12(13)17-10/h2-5H,1H3,(H2,15,16,17,18,19). The minimum Gasteiger partial charge on any atom is -0.339 e. The molecular weight excluding hydrogens is 269 g/mol. The van der Waals surface area contributed by atoms with E-state index in [4.69, 9.17) is 11.6 Å². The van der Waals surface area contributed by atoms with Gasteiger partial charge in [-0.15, -0.1) is 0 Å². The molecule has 0 atom stereocenters. The van der Waals surface area contributed by atoms with Crippen molar-refractivity contribution in [3.63, 3.8) is 0 Å². The molecule has 0 radical (unpaired) electrons. The Balaban J connectivity index is 2.07. The van der Waals surface area contributed by atoms with Gasteiger partial charge in [0.25, 0.3) is 0 Å². The highest BCUT2D eigenvalue weighted by Crippen LogP contribution is 2.25. The topological polar surface area (TPSA) is 66.5 Å². The normalized spacial score (nSPS) is 10.9. The first kappa shape index (κ1) is 11.9. The fourth-order valence-electron chi connectivity index (χ4n) is 1.80. The van der Waals surface area contributed by atoms with Crippen LogP contribution in [-0.2, 0) is 0 Å². The van der Waals surface area contributed by atoms with Crippen molar-refractivity contribution in [2.24, 2.45) is 0 Å². The van der Waals surface area contributed by atoms with Crippen molar-refractivity contribution in [2.75, 3.05) is 5.32 Å². The highest BCUT2D eigenvalue weighted by atomic mass is 35.5. The van der Waals surface area contributed by atoms with Crippen LogP contribution in [0.2, 0.25) is 5.28 Å². The molecule has 0 saturated carbocycles. The molecule has 0 saturated heterocycles. The van der Waals surface area contributed by atoms with Crippen molar-refractivity contribution in [2.45, 2.75) is 6.92 Å². The largest absolute Gasteiger partial charge is 0.339 e. The quantitative estimate of drug-likeness (QED) is 0.706. The van der Waals surface area contributed by atoms with Crippen LogP contribution in [0.25, 0.3) is 11.0 Å². The third-order valence-corrected chi connectivity index (χ3v) is 2.89. The van der Waals surface area contributed by atoms with Gasteiger partial charge in [0, 0.05) is 5.69 Å². The molecule has 2 heterocycles. The number of halogens is 2. The molecular formula is C12H9ClFN5.